The van der Waals surface area contributed by atoms with Crippen molar-refractivity contribution in [2.45, 2.75) is 50.5 Å². The van der Waals surface area contributed by atoms with Crippen LogP contribution in [0.3, 0.4) is 0 Å². The lowest BCUT2D eigenvalue weighted by Gasteiger charge is -2.08. The molecule has 1 rings (SSSR count). The van der Waals surface area contributed by atoms with Crippen LogP contribution in [0.15, 0.2) is 0 Å². The van der Waals surface area contributed by atoms with Gasteiger partial charge in [0.25, 0.3) is 0 Å². The molecule has 0 bridgehead atoms. The van der Waals surface area contributed by atoms with E-state index in [4.69, 9.17) is 0 Å². The maximum atomic E-state index is 11.7. The van der Waals surface area contributed by atoms with Gasteiger partial charge >= 0.3 is 0 Å². The molecule has 1 aliphatic heterocycles. The van der Waals surface area contributed by atoms with Crippen LogP contribution < -0.4 is 0 Å². The molecule has 0 aromatic heterocycles. The molecule has 3 atom stereocenters. The van der Waals surface area contributed by atoms with Crippen LogP contribution in [0.4, 0.5) is 0 Å². The summed E-state index contributed by atoms with van der Waals surface area (Å²) < 4.78 is 23.4. The normalized spacial score (nSPS) is 40.1. The van der Waals surface area contributed by atoms with E-state index in [0.717, 1.165) is 19.3 Å². The van der Waals surface area contributed by atoms with Crippen LogP contribution in [-0.2, 0) is 9.84 Å². The van der Waals surface area contributed by atoms with Gasteiger partial charge in [0.2, 0.25) is 0 Å². The highest BCUT2D eigenvalue weighted by Crippen LogP contribution is 2.34. The summed E-state index contributed by atoms with van der Waals surface area (Å²) in [6.07, 6.45) is 2.69. The average molecular weight is 190 g/mol. The van der Waals surface area contributed by atoms with Gasteiger partial charge in [-0.25, -0.2) is 8.42 Å². The topological polar surface area (TPSA) is 34.1 Å². The lowest BCUT2D eigenvalue weighted by Crippen LogP contribution is -2.21. The highest BCUT2D eigenvalue weighted by Gasteiger charge is 2.41. The van der Waals surface area contributed by atoms with Crippen molar-refractivity contribution in [3.8, 4) is 0 Å². The fraction of sp³-hybridized carbons (Fsp3) is 1.00. The van der Waals surface area contributed by atoms with E-state index in [1.165, 1.54) is 0 Å². The minimum atomic E-state index is -2.78. The van der Waals surface area contributed by atoms with Crippen molar-refractivity contribution in [1.82, 2.24) is 0 Å². The van der Waals surface area contributed by atoms with Crippen molar-refractivity contribution < 1.29 is 8.42 Å². The fourth-order valence-corrected chi connectivity index (χ4v) is 4.47. The third-order valence-electron chi connectivity index (χ3n) is 3.03. The molecule has 3 heteroatoms. The molecule has 0 aliphatic carbocycles. The van der Waals surface area contributed by atoms with E-state index in [1.807, 2.05) is 20.8 Å². The van der Waals surface area contributed by atoms with Gasteiger partial charge in [0.1, 0.15) is 0 Å². The Hall–Kier alpha value is -0.0500. The first-order valence-electron chi connectivity index (χ1n) is 4.72. The molecule has 0 spiro atoms. The lowest BCUT2D eigenvalue weighted by molar-refractivity contribution is 0.537. The fourth-order valence-electron chi connectivity index (χ4n) is 1.97. The molecular formula is C9H18O2S. The smallest absolute Gasteiger partial charge is 0.156 e. The largest absolute Gasteiger partial charge is 0.228 e. The number of rotatable bonds is 2. The van der Waals surface area contributed by atoms with E-state index in [9.17, 15) is 8.42 Å². The summed E-state index contributed by atoms with van der Waals surface area (Å²) in [6.45, 7) is 5.93. The molecule has 0 aromatic carbocycles. The molecule has 72 valence electrons. The molecular weight excluding hydrogens is 172 g/mol. The Morgan fingerprint density at radius 2 is 1.92 bits per heavy atom. The Kier molecular flexibility index (Phi) is 2.81. The minimum Gasteiger partial charge on any atom is -0.228 e. The summed E-state index contributed by atoms with van der Waals surface area (Å²) in [5, 5.41) is -0.165. The van der Waals surface area contributed by atoms with E-state index in [0.29, 0.717) is 5.92 Å². The number of hydrogen-bond acceptors (Lipinski definition) is 2. The van der Waals surface area contributed by atoms with E-state index >= 15 is 0 Å². The summed E-state index contributed by atoms with van der Waals surface area (Å²) in [5.41, 5.74) is 0. The summed E-state index contributed by atoms with van der Waals surface area (Å²) in [5.74, 6) is 0.353. The van der Waals surface area contributed by atoms with Crippen LogP contribution in [0, 0.1) is 5.92 Å². The second kappa shape index (κ2) is 3.36. The van der Waals surface area contributed by atoms with Crippen LogP contribution in [0.1, 0.15) is 40.0 Å². The first-order chi connectivity index (χ1) is 5.50. The zero-order valence-corrected chi connectivity index (χ0v) is 8.89. The predicted octanol–water partition coefficient (Wildman–Crippen LogP) is 2.00. The average Bonchev–Trinajstić information content (AvgIpc) is 2.17. The molecule has 1 saturated heterocycles. The maximum absolute atomic E-state index is 11.7. The van der Waals surface area contributed by atoms with Crippen LogP contribution in [0.5, 0.6) is 0 Å². The van der Waals surface area contributed by atoms with Crippen LogP contribution >= 0.6 is 0 Å². The van der Waals surface area contributed by atoms with Gasteiger partial charge in [0.05, 0.1) is 10.5 Å². The van der Waals surface area contributed by atoms with Gasteiger partial charge in [-0.1, -0.05) is 20.3 Å². The second-order valence-electron chi connectivity index (χ2n) is 3.92. The van der Waals surface area contributed by atoms with Crippen molar-refractivity contribution in [1.29, 1.82) is 0 Å². The Morgan fingerprint density at radius 3 is 2.25 bits per heavy atom. The molecule has 0 amide bonds. The summed E-state index contributed by atoms with van der Waals surface area (Å²) in [4.78, 5) is 0. The van der Waals surface area contributed by atoms with Crippen LogP contribution in [0.2, 0.25) is 0 Å². The van der Waals surface area contributed by atoms with Crippen molar-refractivity contribution in [3.05, 3.63) is 0 Å². The first kappa shape index (κ1) is 10.0. The van der Waals surface area contributed by atoms with Gasteiger partial charge < -0.3 is 0 Å². The Balaban J connectivity index is 2.81. The minimum absolute atomic E-state index is 0.0486. The number of sulfone groups is 1. The van der Waals surface area contributed by atoms with Gasteiger partial charge in [-0.15, -0.1) is 0 Å². The standard InChI is InChI=1S/C9H18O2S/c1-4-5-9-6-7(2)8(3)12(9,10)11/h7-9H,4-6H2,1-3H3. The highest BCUT2D eigenvalue weighted by molar-refractivity contribution is 7.92. The third kappa shape index (κ3) is 1.51. The highest BCUT2D eigenvalue weighted by atomic mass is 32.2. The molecule has 1 fully saturated rings. The molecule has 1 aliphatic rings. The van der Waals surface area contributed by atoms with Gasteiger partial charge in [-0.2, -0.15) is 0 Å². The van der Waals surface area contributed by atoms with Crippen LogP contribution in [0.25, 0.3) is 0 Å². The molecule has 0 saturated carbocycles. The van der Waals surface area contributed by atoms with E-state index in [-0.39, 0.29) is 10.5 Å². The van der Waals surface area contributed by atoms with E-state index in [1.54, 1.807) is 0 Å². The second-order valence-corrected chi connectivity index (χ2v) is 6.51. The predicted molar refractivity (Wildman–Crippen MR) is 50.9 cm³/mol. The molecule has 0 N–H and O–H groups in total. The van der Waals surface area contributed by atoms with Crippen LogP contribution in [-0.4, -0.2) is 18.9 Å². The SMILES string of the molecule is CCCC1CC(C)C(C)S1(=O)=O. The Bertz CT molecular complexity index is 243. The van der Waals surface area contributed by atoms with Gasteiger partial charge in [-0.05, 0) is 25.7 Å². The van der Waals surface area contributed by atoms with Crippen molar-refractivity contribution >= 4 is 9.84 Å². The Morgan fingerprint density at radius 1 is 1.33 bits per heavy atom. The lowest BCUT2D eigenvalue weighted by atomic mass is 10.0. The number of hydrogen-bond donors (Lipinski definition) is 0. The van der Waals surface area contributed by atoms with E-state index < -0.39 is 9.84 Å². The maximum Gasteiger partial charge on any atom is 0.156 e. The van der Waals surface area contributed by atoms with Crippen molar-refractivity contribution in [3.63, 3.8) is 0 Å². The zero-order chi connectivity index (χ0) is 9.35. The molecule has 1 heterocycles. The first-order valence-corrected chi connectivity index (χ1v) is 6.33. The monoisotopic (exact) mass is 190 g/mol. The van der Waals surface area contributed by atoms with Gasteiger partial charge in [0, 0.05) is 0 Å². The van der Waals surface area contributed by atoms with E-state index in [2.05, 4.69) is 0 Å². The molecule has 2 nitrogen and oxygen atoms in total. The van der Waals surface area contributed by atoms with Crippen molar-refractivity contribution in [2.24, 2.45) is 5.92 Å². The van der Waals surface area contributed by atoms with Gasteiger partial charge in [0.15, 0.2) is 9.84 Å². The van der Waals surface area contributed by atoms with Crippen molar-refractivity contribution in [2.75, 3.05) is 0 Å². The van der Waals surface area contributed by atoms with Gasteiger partial charge in [-0.3, -0.25) is 0 Å². The third-order valence-corrected chi connectivity index (χ3v) is 5.89. The molecule has 0 radical (unpaired) electrons. The quantitative estimate of drug-likeness (QED) is 0.667. The summed E-state index contributed by atoms with van der Waals surface area (Å²) in [6, 6.07) is 0. The zero-order valence-electron chi connectivity index (χ0n) is 8.08. The summed E-state index contributed by atoms with van der Waals surface area (Å²) >= 11 is 0. The Labute approximate surface area is 75.3 Å². The summed E-state index contributed by atoms with van der Waals surface area (Å²) in [7, 11) is -2.78. The molecule has 12 heavy (non-hydrogen) atoms. The molecule has 0 aromatic rings. The molecule has 3 unspecified atom stereocenters.